The molecule has 0 saturated heterocycles. The summed E-state index contributed by atoms with van der Waals surface area (Å²) in [6.45, 7) is 1.61. The maximum Gasteiger partial charge on any atom is 0.0227 e. The molecule has 0 amide bonds. The van der Waals surface area contributed by atoms with Crippen molar-refractivity contribution < 1.29 is 0 Å². The number of nitrogens with zero attached hydrogens (tertiary/aromatic N) is 1. The van der Waals surface area contributed by atoms with Crippen molar-refractivity contribution in [1.29, 1.82) is 0 Å². The van der Waals surface area contributed by atoms with Crippen LogP contribution in [0.2, 0.25) is 0 Å². The average molecular weight is 201 g/mol. The highest BCUT2D eigenvalue weighted by Crippen LogP contribution is 2.05. The molecule has 0 aromatic heterocycles. The Morgan fingerprint density at radius 1 is 1.23 bits per heavy atom. The number of rotatable bonds is 3. The zero-order chi connectivity index (χ0) is 8.97. The topological polar surface area (TPSA) is 29.3 Å². The Bertz CT molecular complexity index is 248. The van der Waals surface area contributed by atoms with Crippen LogP contribution in [-0.4, -0.2) is 19.0 Å². The van der Waals surface area contributed by atoms with Crippen LogP contribution in [0.1, 0.15) is 11.1 Å². The maximum atomic E-state index is 5.54. The molecular formula is C10H17ClN2. The fraction of sp³-hybridized carbons (Fsp3) is 0.400. The lowest BCUT2D eigenvalue weighted by Crippen LogP contribution is -2.11. The zero-order valence-corrected chi connectivity index (χ0v) is 8.97. The van der Waals surface area contributed by atoms with Crippen molar-refractivity contribution in [2.45, 2.75) is 13.1 Å². The lowest BCUT2D eigenvalue weighted by atomic mass is 10.1. The Hall–Kier alpha value is -0.570. The Balaban J connectivity index is 0.00000144. The van der Waals surface area contributed by atoms with Gasteiger partial charge in [0.15, 0.2) is 0 Å². The molecule has 0 bridgehead atoms. The van der Waals surface area contributed by atoms with Gasteiger partial charge in [-0.15, -0.1) is 12.4 Å². The minimum Gasteiger partial charge on any atom is -0.326 e. The number of benzene rings is 1. The molecule has 13 heavy (non-hydrogen) atoms. The Labute approximate surface area is 86.1 Å². The molecule has 0 spiro atoms. The molecule has 3 heteroatoms. The van der Waals surface area contributed by atoms with E-state index >= 15 is 0 Å². The first-order valence-corrected chi connectivity index (χ1v) is 4.15. The monoisotopic (exact) mass is 200 g/mol. The number of nitrogens with two attached hydrogens (primary N) is 1. The standard InChI is InChI=1S/C10H16N2.ClH/c1-12(2)8-10-5-3-4-9(6-10)7-11;/h3-6H,7-8,11H2,1-2H3;1H. The summed E-state index contributed by atoms with van der Waals surface area (Å²) in [6, 6.07) is 8.39. The van der Waals surface area contributed by atoms with Crippen LogP contribution in [0.15, 0.2) is 24.3 Å². The van der Waals surface area contributed by atoms with Gasteiger partial charge in [-0.2, -0.15) is 0 Å². The molecule has 0 saturated carbocycles. The number of halogens is 1. The van der Waals surface area contributed by atoms with Gasteiger partial charge in [-0.3, -0.25) is 0 Å². The molecule has 74 valence electrons. The van der Waals surface area contributed by atoms with E-state index in [9.17, 15) is 0 Å². The summed E-state index contributed by atoms with van der Waals surface area (Å²) in [5.41, 5.74) is 8.06. The molecule has 0 atom stereocenters. The fourth-order valence-corrected chi connectivity index (χ4v) is 1.22. The molecule has 0 unspecified atom stereocenters. The van der Waals surface area contributed by atoms with Gasteiger partial charge in [-0.05, 0) is 25.2 Å². The molecule has 1 aromatic carbocycles. The van der Waals surface area contributed by atoms with Crippen LogP contribution < -0.4 is 5.73 Å². The molecular weight excluding hydrogens is 184 g/mol. The van der Waals surface area contributed by atoms with E-state index in [-0.39, 0.29) is 12.4 Å². The van der Waals surface area contributed by atoms with Crippen molar-refractivity contribution in [3.05, 3.63) is 35.4 Å². The van der Waals surface area contributed by atoms with E-state index in [1.807, 2.05) is 0 Å². The summed E-state index contributed by atoms with van der Waals surface area (Å²) in [7, 11) is 4.13. The molecule has 0 aliphatic rings. The van der Waals surface area contributed by atoms with E-state index in [2.05, 4.69) is 43.3 Å². The van der Waals surface area contributed by atoms with Crippen LogP contribution in [0.3, 0.4) is 0 Å². The number of hydrogen-bond donors (Lipinski definition) is 1. The maximum absolute atomic E-state index is 5.54. The van der Waals surface area contributed by atoms with Gasteiger partial charge in [-0.25, -0.2) is 0 Å². The van der Waals surface area contributed by atoms with E-state index < -0.39 is 0 Å². The molecule has 2 nitrogen and oxygen atoms in total. The number of hydrogen-bond acceptors (Lipinski definition) is 2. The summed E-state index contributed by atoms with van der Waals surface area (Å²) >= 11 is 0. The van der Waals surface area contributed by atoms with E-state index in [4.69, 9.17) is 5.73 Å². The summed E-state index contributed by atoms with van der Waals surface area (Å²) < 4.78 is 0. The van der Waals surface area contributed by atoms with Crippen LogP contribution in [0.25, 0.3) is 0 Å². The quantitative estimate of drug-likeness (QED) is 0.804. The van der Waals surface area contributed by atoms with E-state index in [0.29, 0.717) is 6.54 Å². The van der Waals surface area contributed by atoms with Crippen molar-refractivity contribution in [2.24, 2.45) is 5.73 Å². The van der Waals surface area contributed by atoms with Crippen LogP contribution in [0.4, 0.5) is 0 Å². The van der Waals surface area contributed by atoms with Gasteiger partial charge in [-0.1, -0.05) is 24.3 Å². The first-order valence-electron chi connectivity index (χ1n) is 4.15. The van der Waals surface area contributed by atoms with E-state index in [1.165, 1.54) is 11.1 Å². The lowest BCUT2D eigenvalue weighted by molar-refractivity contribution is 0.402. The first kappa shape index (κ1) is 12.4. The molecule has 0 fully saturated rings. The predicted molar refractivity (Wildman–Crippen MR) is 59.0 cm³/mol. The summed E-state index contributed by atoms with van der Waals surface area (Å²) in [6.07, 6.45) is 0. The van der Waals surface area contributed by atoms with E-state index in [1.54, 1.807) is 0 Å². The second kappa shape index (κ2) is 5.97. The Morgan fingerprint density at radius 2 is 1.85 bits per heavy atom. The molecule has 0 radical (unpaired) electrons. The molecule has 0 aliphatic heterocycles. The second-order valence-corrected chi connectivity index (χ2v) is 3.26. The van der Waals surface area contributed by atoms with Crippen molar-refractivity contribution in [2.75, 3.05) is 14.1 Å². The van der Waals surface area contributed by atoms with Crippen LogP contribution >= 0.6 is 12.4 Å². The largest absolute Gasteiger partial charge is 0.326 e. The van der Waals surface area contributed by atoms with Gasteiger partial charge in [0.05, 0.1) is 0 Å². The molecule has 0 aliphatic carbocycles. The van der Waals surface area contributed by atoms with Gasteiger partial charge >= 0.3 is 0 Å². The SMILES string of the molecule is CN(C)Cc1cccc(CN)c1.Cl. The average Bonchev–Trinajstić information content (AvgIpc) is 2.03. The molecule has 1 aromatic rings. The van der Waals surface area contributed by atoms with Gasteiger partial charge in [0.2, 0.25) is 0 Å². The third-order valence-corrected chi connectivity index (χ3v) is 1.73. The highest BCUT2D eigenvalue weighted by atomic mass is 35.5. The van der Waals surface area contributed by atoms with Gasteiger partial charge in [0.1, 0.15) is 0 Å². The fourth-order valence-electron chi connectivity index (χ4n) is 1.22. The minimum absolute atomic E-state index is 0. The zero-order valence-electron chi connectivity index (χ0n) is 8.16. The van der Waals surface area contributed by atoms with Gasteiger partial charge in [0.25, 0.3) is 0 Å². The molecule has 2 N–H and O–H groups in total. The molecule has 0 heterocycles. The normalized spacial score (nSPS) is 9.85. The van der Waals surface area contributed by atoms with Crippen LogP contribution in [-0.2, 0) is 13.1 Å². The van der Waals surface area contributed by atoms with E-state index in [0.717, 1.165) is 6.54 Å². The van der Waals surface area contributed by atoms with Gasteiger partial charge in [0, 0.05) is 13.1 Å². The summed E-state index contributed by atoms with van der Waals surface area (Å²) in [5, 5.41) is 0. The van der Waals surface area contributed by atoms with Crippen molar-refractivity contribution in [3.8, 4) is 0 Å². The van der Waals surface area contributed by atoms with Crippen molar-refractivity contribution in [3.63, 3.8) is 0 Å². The van der Waals surface area contributed by atoms with Crippen molar-refractivity contribution in [1.82, 2.24) is 4.90 Å². The van der Waals surface area contributed by atoms with Crippen LogP contribution in [0.5, 0.6) is 0 Å². The van der Waals surface area contributed by atoms with Gasteiger partial charge < -0.3 is 10.6 Å². The minimum atomic E-state index is 0. The third-order valence-electron chi connectivity index (χ3n) is 1.73. The molecule has 1 rings (SSSR count). The van der Waals surface area contributed by atoms with Crippen LogP contribution in [0, 0.1) is 0 Å². The Morgan fingerprint density at radius 3 is 2.38 bits per heavy atom. The summed E-state index contributed by atoms with van der Waals surface area (Å²) in [4.78, 5) is 2.15. The first-order chi connectivity index (χ1) is 5.72. The summed E-state index contributed by atoms with van der Waals surface area (Å²) in [5.74, 6) is 0. The third kappa shape index (κ3) is 4.27. The predicted octanol–water partition coefficient (Wildman–Crippen LogP) is 1.63. The highest BCUT2D eigenvalue weighted by molar-refractivity contribution is 5.85. The van der Waals surface area contributed by atoms with Crippen molar-refractivity contribution >= 4 is 12.4 Å². The highest BCUT2D eigenvalue weighted by Gasteiger charge is 1.95. The lowest BCUT2D eigenvalue weighted by Gasteiger charge is -2.09. The smallest absolute Gasteiger partial charge is 0.0227 e. The Kier molecular flexibility index (Phi) is 5.71. The second-order valence-electron chi connectivity index (χ2n) is 3.26.